The Bertz CT molecular complexity index is 481. The molecule has 7 nitrogen and oxygen atoms in total. The van der Waals surface area contributed by atoms with Gasteiger partial charge in [-0.2, -0.15) is 0 Å². The van der Waals surface area contributed by atoms with Crippen LogP contribution in [0.25, 0.3) is 0 Å². The predicted octanol–water partition coefficient (Wildman–Crippen LogP) is 1.16. The second-order valence-electron chi connectivity index (χ2n) is 4.89. The van der Waals surface area contributed by atoms with Gasteiger partial charge in [0.1, 0.15) is 11.8 Å². The Balaban J connectivity index is 1.90. The van der Waals surface area contributed by atoms with Crippen LogP contribution in [0.2, 0.25) is 0 Å². The highest BCUT2D eigenvalue weighted by Crippen LogP contribution is 2.40. The summed E-state index contributed by atoms with van der Waals surface area (Å²) >= 11 is 0. The second kappa shape index (κ2) is 6.51. The summed E-state index contributed by atoms with van der Waals surface area (Å²) in [6.45, 7) is 0.454. The molecular weight excluding hydrogens is 264 g/mol. The van der Waals surface area contributed by atoms with E-state index in [4.69, 9.17) is 14.4 Å². The molecule has 1 unspecified atom stereocenters. The highest BCUT2D eigenvalue weighted by Gasteiger charge is 2.29. The largest absolute Gasteiger partial charge is 0.480 e. The van der Waals surface area contributed by atoms with Gasteiger partial charge in [0.15, 0.2) is 5.69 Å². The molecule has 110 valence electrons. The van der Waals surface area contributed by atoms with Crippen molar-refractivity contribution >= 4 is 11.9 Å². The van der Waals surface area contributed by atoms with Gasteiger partial charge in [-0.05, 0) is 25.7 Å². The first-order valence-electron chi connectivity index (χ1n) is 6.61. The maximum Gasteiger partial charge on any atom is 0.326 e. The standard InChI is InChI=1S/C13H18N2O5/c1-19-6-2-3-9(13(17)18)14-12(16)10-7-11(20-15-10)8-4-5-8/h7-9H,2-6H2,1H3,(H,14,16)(H,17,18). The summed E-state index contributed by atoms with van der Waals surface area (Å²) in [4.78, 5) is 23.0. The number of aromatic nitrogens is 1. The first kappa shape index (κ1) is 14.5. The Hall–Kier alpha value is -1.89. The minimum Gasteiger partial charge on any atom is -0.480 e. The highest BCUT2D eigenvalue weighted by molar-refractivity contribution is 5.94. The van der Waals surface area contributed by atoms with Crippen molar-refractivity contribution in [3.63, 3.8) is 0 Å². The topological polar surface area (TPSA) is 102 Å². The van der Waals surface area contributed by atoms with Crippen molar-refractivity contribution in [2.24, 2.45) is 0 Å². The number of ether oxygens (including phenoxy) is 1. The second-order valence-corrected chi connectivity index (χ2v) is 4.89. The number of carbonyl (C=O) groups excluding carboxylic acids is 1. The van der Waals surface area contributed by atoms with Gasteiger partial charge in [-0.1, -0.05) is 5.16 Å². The van der Waals surface area contributed by atoms with Gasteiger partial charge >= 0.3 is 5.97 Å². The van der Waals surface area contributed by atoms with Gasteiger partial charge in [-0.3, -0.25) is 4.79 Å². The average molecular weight is 282 g/mol. The van der Waals surface area contributed by atoms with Gasteiger partial charge in [0.2, 0.25) is 0 Å². The Labute approximate surface area is 116 Å². The molecule has 1 saturated carbocycles. The van der Waals surface area contributed by atoms with E-state index >= 15 is 0 Å². The van der Waals surface area contributed by atoms with Crippen LogP contribution in [-0.2, 0) is 9.53 Å². The van der Waals surface area contributed by atoms with E-state index in [2.05, 4.69) is 10.5 Å². The van der Waals surface area contributed by atoms with Crippen LogP contribution in [0, 0.1) is 0 Å². The van der Waals surface area contributed by atoms with E-state index in [0.29, 0.717) is 31.1 Å². The number of carbonyl (C=O) groups is 2. The van der Waals surface area contributed by atoms with Gasteiger partial charge in [-0.25, -0.2) is 4.79 Å². The molecule has 0 saturated heterocycles. The molecule has 7 heteroatoms. The lowest BCUT2D eigenvalue weighted by molar-refractivity contribution is -0.139. The zero-order chi connectivity index (χ0) is 14.5. The van der Waals surface area contributed by atoms with Crippen molar-refractivity contribution in [3.05, 3.63) is 17.5 Å². The van der Waals surface area contributed by atoms with Crippen LogP contribution < -0.4 is 5.32 Å². The quantitative estimate of drug-likeness (QED) is 0.694. The van der Waals surface area contributed by atoms with Crippen LogP contribution >= 0.6 is 0 Å². The predicted molar refractivity (Wildman–Crippen MR) is 68.5 cm³/mol. The highest BCUT2D eigenvalue weighted by atomic mass is 16.5. The van der Waals surface area contributed by atoms with Crippen molar-refractivity contribution in [2.45, 2.75) is 37.6 Å². The fraction of sp³-hybridized carbons (Fsp3) is 0.615. The maximum absolute atomic E-state index is 11.9. The number of nitrogens with zero attached hydrogens (tertiary/aromatic N) is 1. The number of aliphatic carboxylic acids is 1. The molecule has 0 bridgehead atoms. The maximum atomic E-state index is 11.9. The number of hydrogen-bond donors (Lipinski definition) is 2. The molecule has 0 aromatic carbocycles. The average Bonchev–Trinajstić information content (AvgIpc) is 3.15. The lowest BCUT2D eigenvalue weighted by Gasteiger charge is -2.12. The summed E-state index contributed by atoms with van der Waals surface area (Å²) in [6, 6.07) is 0.639. The zero-order valence-corrected chi connectivity index (χ0v) is 11.3. The van der Waals surface area contributed by atoms with E-state index in [1.165, 1.54) is 0 Å². The monoisotopic (exact) mass is 282 g/mol. The van der Waals surface area contributed by atoms with Gasteiger partial charge in [0, 0.05) is 25.7 Å². The number of carboxylic acid groups (broad SMARTS) is 1. The van der Waals surface area contributed by atoms with Crippen LogP contribution in [0.5, 0.6) is 0 Å². The molecule has 1 aliphatic carbocycles. The van der Waals surface area contributed by atoms with Crippen molar-refractivity contribution in [1.29, 1.82) is 0 Å². The molecule has 1 aromatic rings. The Morgan fingerprint density at radius 3 is 2.95 bits per heavy atom. The molecule has 1 aliphatic rings. The van der Waals surface area contributed by atoms with E-state index in [-0.39, 0.29) is 5.69 Å². The number of amides is 1. The van der Waals surface area contributed by atoms with E-state index < -0.39 is 17.9 Å². The SMILES string of the molecule is COCCCC(NC(=O)c1cc(C2CC2)on1)C(=O)O. The van der Waals surface area contributed by atoms with Crippen LogP contribution in [0.3, 0.4) is 0 Å². The van der Waals surface area contributed by atoms with Crippen LogP contribution in [0.15, 0.2) is 10.6 Å². The van der Waals surface area contributed by atoms with E-state index in [9.17, 15) is 9.59 Å². The van der Waals surface area contributed by atoms with Crippen molar-refractivity contribution in [3.8, 4) is 0 Å². The van der Waals surface area contributed by atoms with Gasteiger partial charge in [0.25, 0.3) is 5.91 Å². The summed E-state index contributed by atoms with van der Waals surface area (Å²) < 4.78 is 9.94. The number of nitrogens with one attached hydrogen (secondary N) is 1. The molecule has 2 N–H and O–H groups in total. The van der Waals surface area contributed by atoms with Gasteiger partial charge in [0.05, 0.1) is 0 Å². The summed E-state index contributed by atoms with van der Waals surface area (Å²) in [6.07, 6.45) is 2.96. The Morgan fingerprint density at radius 1 is 1.60 bits per heavy atom. The third-order valence-corrected chi connectivity index (χ3v) is 3.19. The molecule has 2 rings (SSSR count). The van der Waals surface area contributed by atoms with Gasteiger partial charge < -0.3 is 19.7 Å². The van der Waals surface area contributed by atoms with Crippen LogP contribution in [0.4, 0.5) is 0 Å². The Kier molecular flexibility index (Phi) is 4.73. The molecule has 1 amide bonds. The van der Waals surface area contributed by atoms with Crippen molar-refractivity contribution in [2.75, 3.05) is 13.7 Å². The first-order chi connectivity index (χ1) is 9.61. The smallest absolute Gasteiger partial charge is 0.326 e. The van der Waals surface area contributed by atoms with Crippen LogP contribution in [-0.4, -0.2) is 41.9 Å². The number of rotatable bonds is 8. The zero-order valence-electron chi connectivity index (χ0n) is 11.3. The normalized spacial score (nSPS) is 15.8. The summed E-state index contributed by atoms with van der Waals surface area (Å²) in [5, 5.41) is 15.2. The molecular formula is C13H18N2O5. The minimum absolute atomic E-state index is 0.130. The van der Waals surface area contributed by atoms with E-state index in [0.717, 1.165) is 12.8 Å². The minimum atomic E-state index is -1.07. The molecule has 0 radical (unpaired) electrons. The summed E-state index contributed by atoms with van der Waals surface area (Å²) in [5.41, 5.74) is 0.130. The van der Waals surface area contributed by atoms with Crippen LogP contribution in [0.1, 0.15) is 47.8 Å². The van der Waals surface area contributed by atoms with Gasteiger partial charge in [-0.15, -0.1) is 0 Å². The third kappa shape index (κ3) is 3.80. The number of methoxy groups -OCH3 is 1. The first-order valence-corrected chi connectivity index (χ1v) is 6.61. The molecule has 20 heavy (non-hydrogen) atoms. The van der Waals surface area contributed by atoms with E-state index in [1.54, 1.807) is 13.2 Å². The molecule has 0 aliphatic heterocycles. The fourth-order valence-corrected chi connectivity index (χ4v) is 1.88. The lowest BCUT2D eigenvalue weighted by atomic mass is 10.1. The molecule has 1 fully saturated rings. The number of carboxylic acids is 1. The number of hydrogen-bond acceptors (Lipinski definition) is 5. The molecule has 1 aromatic heterocycles. The Morgan fingerprint density at radius 2 is 2.35 bits per heavy atom. The molecule has 0 spiro atoms. The molecule has 1 atom stereocenters. The van der Waals surface area contributed by atoms with Crippen molar-refractivity contribution < 1.29 is 24.0 Å². The third-order valence-electron chi connectivity index (χ3n) is 3.19. The lowest BCUT2D eigenvalue weighted by Crippen LogP contribution is -2.41. The summed E-state index contributed by atoms with van der Waals surface area (Å²) in [5.74, 6) is -0.534. The summed E-state index contributed by atoms with van der Waals surface area (Å²) in [7, 11) is 1.54. The van der Waals surface area contributed by atoms with Crippen molar-refractivity contribution in [1.82, 2.24) is 10.5 Å². The van der Waals surface area contributed by atoms with E-state index in [1.807, 2.05) is 0 Å². The molecule has 1 heterocycles. The fourth-order valence-electron chi connectivity index (χ4n) is 1.88.